The summed E-state index contributed by atoms with van der Waals surface area (Å²) < 4.78 is 4.69. The molecule has 1 heterocycles. The van der Waals surface area contributed by atoms with Crippen molar-refractivity contribution in [2.24, 2.45) is 11.8 Å². The fourth-order valence-corrected chi connectivity index (χ4v) is 2.68. The van der Waals surface area contributed by atoms with Gasteiger partial charge in [-0.15, -0.1) is 0 Å². The topological polar surface area (TPSA) is 83.8 Å². The van der Waals surface area contributed by atoms with Gasteiger partial charge in [0.2, 0.25) is 0 Å². The molecular formula is C8H12O5S. The molecule has 3 unspecified atom stereocenters. The van der Waals surface area contributed by atoms with Crippen LogP contribution in [-0.4, -0.2) is 40.5 Å². The number of aliphatic carboxylic acids is 1. The zero-order valence-corrected chi connectivity index (χ0v) is 8.49. The molecule has 0 saturated carbocycles. The predicted molar refractivity (Wildman–Crippen MR) is 49.7 cm³/mol. The molecule has 0 spiro atoms. The number of carbonyl (C=O) groups excluding carboxylic acids is 1. The second-order valence-electron chi connectivity index (χ2n) is 3.12. The number of aliphatic hydroxyl groups is 1. The van der Waals surface area contributed by atoms with Gasteiger partial charge in [0.1, 0.15) is 0 Å². The lowest BCUT2D eigenvalue weighted by atomic mass is 9.92. The summed E-state index contributed by atoms with van der Waals surface area (Å²) in [6.07, 6.45) is -1.30. The Labute approximate surface area is 85.4 Å². The van der Waals surface area contributed by atoms with Gasteiger partial charge < -0.3 is 14.9 Å². The van der Waals surface area contributed by atoms with Crippen molar-refractivity contribution in [3.63, 3.8) is 0 Å². The third kappa shape index (κ3) is 2.46. The fourth-order valence-electron chi connectivity index (χ4n) is 1.46. The van der Waals surface area contributed by atoms with Gasteiger partial charge in [-0.25, -0.2) is 0 Å². The van der Waals surface area contributed by atoms with Crippen molar-refractivity contribution >= 4 is 22.8 Å². The first-order valence-corrected chi connectivity index (χ1v) is 5.14. The van der Waals surface area contributed by atoms with Crippen LogP contribution in [0.3, 0.4) is 0 Å². The van der Waals surface area contributed by atoms with Crippen molar-refractivity contribution in [3.8, 4) is 0 Å². The molecule has 0 aromatic rings. The Hall–Kier alpha value is -0.590. The highest BCUT2D eigenvalue weighted by Gasteiger charge is 2.41. The lowest BCUT2D eigenvalue weighted by Crippen LogP contribution is -2.30. The standard InChI is InChI=1S/C8H12O5S/c1-13-7(11)5-3-14-8(12)4(5)2-6(9)10/h4-5,7,11H,2-3H2,1H3,(H,9,10). The molecule has 1 rings (SSSR count). The maximum atomic E-state index is 11.3. The number of ether oxygens (including phenoxy) is 1. The molecule has 1 saturated heterocycles. The van der Waals surface area contributed by atoms with Crippen molar-refractivity contribution < 1.29 is 24.5 Å². The smallest absolute Gasteiger partial charge is 0.304 e. The fraction of sp³-hybridized carbons (Fsp3) is 0.750. The number of methoxy groups -OCH3 is 1. The van der Waals surface area contributed by atoms with E-state index < -0.39 is 24.1 Å². The normalized spacial score (nSPS) is 29.1. The highest BCUT2D eigenvalue weighted by Crippen LogP contribution is 2.36. The van der Waals surface area contributed by atoms with Gasteiger partial charge in [0, 0.05) is 24.7 Å². The molecule has 0 radical (unpaired) electrons. The molecule has 6 heteroatoms. The summed E-state index contributed by atoms with van der Waals surface area (Å²) in [5, 5.41) is 17.8. The summed E-state index contributed by atoms with van der Waals surface area (Å²) in [5.74, 6) is -1.65. The Morgan fingerprint density at radius 1 is 1.79 bits per heavy atom. The van der Waals surface area contributed by atoms with Crippen LogP contribution >= 0.6 is 11.8 Å². The van der Waals surface area contributed by atoms with Gasteiger partial charge in [0.25, 0.3) is 0 Å². The summed E-state index contributed by atoms with van der Waals surface area (Å²) in [5.41, 5.74) is 0. The van der Waals surface area contributed by atoms with Crippen molar-refractivity contribution in [2.45, 2.75) is 12.7 Å². The molecule has 14 heavy (non-hydrogen) atoms. The van der Waals surface area contributed by atoms with E-state index in [1.807, 2.05) is 0 Å². The monoisotopic (exact) mass is 220 g/mol. The number of carboxylic acid groups (broad SMARTS) is 1. The maximum absolute atomic E-state index is 11.3. The van der Waals surface area contributed by atoms with Crippen LogP contribution in [0.2, 0.25) is 0 Å². The van der Waals surface area contributed by atoms with Gasteiger partial charge in [-0.3, -0.25) is 9.59 Å². The van der Waals surface area contributed by atoms with Crippen LogP contribution in [0.4, 0.5) is 0 Å². The van der Waals surface area contributed by atoms with Crippen LogP contribution in [-0.2, 0) is 14.3 Å². The quantitative estimate of drug-likeness (QED) is 0.645. The summed E-state index contributed by atoms with van der Waals surface area (Å²) in [6.45, 7) is 0. The van der Waals surface area contributed by atoms with E-state index >= 15 is 0 Å². The largest absolute Gasteiger partial charge is 0.481 e. The zero-order valence-electron chi connectivity index (χ0n) is 7.67. The lowest BCUT2D eigenvalue weighted by Gasteiger charge is -2.20. The van der Waals surface area contributed by atoms with E-state index in [0.29, 0.717) is 5.75 Å². The molecular weight excluding hydrogens is 208 g/mol. The van der Waals surface area contributed by atoms with E-state index in [2.05, 4.69) is 0 Å². The van der Waals surface area contributed by atoms with Gasteiger partial charge in [-0.1, -0.05) is 11.8 Å². The summed E-state index contributed by atoms with van der Waals surface area (Å²) in [6, 6.07) is 0. The highest BCUT2D eigenvalue weighted by atomic mass is 32.2. The Kier molecular flexibility index (Phi) is 3.91. The number of aliphatic hydroxyl groups excluding tert-OH is 1. The van der Waals surface area contributed by atoms with Gasteiger partial charge in [0.15, 0.2) is 11.4 Å². The number of hydrogen-bond acceptors (Lipinski definition) is 5. The minimum absolute atomic E-state index is 0.173. The first kappa shape index (κ1) is 11.5. The summed E-state index contributed by atoms with van der Waals surface area (Å²) >= 11 is 1.06. The van der Waals surface area contributed by atoms with Crippen LogP contribution in [0.25, 0.3) is 0 Å². The molecule has 5 nitrogen and oxygen atoms in total. The number of carboxylic acids is 1. The third-order valence-corrected chi connectivity index (χ3v) is 3.38. The Morgan fingerprint density at radius 2 is 2.43 bits per heavy atom. The highest BCUT2D eigenvalue weighted by molar-refractivity contribution is 8.14. The Morgan fingerprint density at radius 3 is 2.93 bits per heavy atom. The average molecular weight is 220 g/mol. The minimum atomic E-state index is -1.06. The maximum Gasteiger partial charge on any atom is 0.304 e. The number of thioether (sulfide) groups is 1. The van der Waals surface area contributed by atoms with Crippen molar-refractivity contribution in [1.82, 2.24) is 0 Å². The molecule has 80 valence electrons. The van der Waals surface area contributed by atoms with Gasteiger partial charge in [-0.05, 0) is 0 Å². The van der Waals surface area contributed by atoms with E-state index in [1.54, 1.807) is 0 Å². The molecule has 1 aliphatic rings. The molecule has 3 atom stereocenters. The van der Waals surface area contributed by atoms with Crippen molar-refractivity contribution in [1.29, 1.82) is 0 Å². The Balaban J connectivity index is 2.66. The molecule has 0 aromatic carbocycles. The van der Waals surface area contributed by atoms with Crippen LogP contribution in [0.15, 0.2) is 0 Å². The lowest BCUT2D eigenvalue weighted by molar-refractivity contribution is -0.146. The molecule has 0 aromatic heterocycles. The van der Waals surface area contributed by atoms with E-state index in [1.165, 1.54) is 7.11 Å². The number of carbonyl (C=O) groups is 2. The van der Waals surface area contributed by atoms with E-state index in [4.69, 9.17) is 9.84 Å². The van der Waals surface area contributed by atoms with Crippen LogP contribution in [0.5, 0.6) is 0 Å². The third-order valence-electron chi connectivity index (χ3n) is 2.24. The Bertz CT molecular complexity index is 242. The minimum Gasteiger partial charge on any atom is -0.481 e. The van der Waals surface area contributed by atoms with E-state index in [-0.39, 0.29) is 11.5 Å². The number of rotatable bonds is 4. The molecule has 0 amide bonds. The molecule has 0 bridgehead atoms. The van der Waals surface area contributed by atoms with Crippen LogP contribution < -0.4 is 0 Å². The summed E-state index contributed by atoms with van der Waals surface area (Å²) in [4.78, 5) is 21.7. The molecule has 1 aliphatic heterocycles. The molecule has 2 N–H and O–H groups in total. The SMILES string of the molecule is COC(O)C1CSC(=O)C1CC(=O)O. The molecule has 0 aliphatic carbocycles. The number of hydrogen-bond donors (Lipinski definition) is 2. The van der Waals surface area contributed by atoms with Crippen LogP contribution in [0, 0.1) is 11.8 Å². The first-order valence-electron chi connectivity index (χ1n) is 4.15. The van der Waals surface area contributed by atoms with Gasteiger partial charge >= 0.3 is 5.97 Å². The summed E-state index contributed by atoms with van der Waals surface area (Å²) in [7, 11) is 1.33. The predicted octanol–water partition coefficient (Wildman–Crippen LogP) is -0.0683. The van der Waals surface area contributed by atoms with Crippen molar-refractivity contribution in [3.05, 3.63) is 0 Å². The van der Waals surface area contributed by atoms with E-state index in [9.17, 15) is 14.7 Å². The second-order valence-corrected chi connectivity index (χ2v) is 4.15. The van der Waals surface area contributed by atoms with Crippen LogP contribution in [0.1, 0.15) is 6.42 Å². The first-order chi connectivity index (χ1) is 6.56. The van der Waals surface area contributed by atoms with E-state index in [0.717, 1.165) is 11.8 Å². The van der Waals surface area contributed by atoms with Gasteiger partial charge in [0.05, 0.1) is 6.42 Å². The zero-order chi connectivity index (χ0) is 10.7. The second kappa shape index (κ2) is 4.77. The van der Waals surface area contributed by atoms with Gasteiger partial charge in [-0.2, -0.15) is 0 Å². The van der Waals surface area contributed by atoms with Crippen molar-refractivity contribution in [2.75, 3.05) is 12.9 Å². The average Bonchev–Trinajstić information content (AvgIpc) is 2.46. The molecule has 1 fully saturated rings.